The van der Waals surface area contributed by atoms with E-state index in [1.54, 1.807) is 12.1 Å². The van der Waals surface area contributed by atoms with Gasteiger partial charge in [-0.05, 0) is 30.2 Å². The van der Waals surface area contributed by atoms with Crippen molar-refractivity contribution in [1.29, 1.82) is 0 Å². The average molecular weight is 241 g/mol. The van der Waals surface area contributed by atoms with Crippen LogP contribution in [0.2, 0.25) is 0 Å². The molecule has 0 radical (unpaired) electrons. The highest BCUT2D eigenvalue weighted by atomic mass is 79.9. The van der Waals surface area contributed by atoms with E-state index in [0.29, 0.717) is 5.56 Å². The summed E-state index contributed by atoms with van der Waals surface area (Å²) in [4.78, 5) is 10.6. The summed E-state index contributed by atoms with van der Waals surface area (Å²) in [6, 6.07) is 5.45. The lowest BCUT2D eigenvalue weighted by molar-refractivity contribution is -0.130. The third-order valence-corrected chi connectivity index (χ3v) is 2.11. The number of rotatable bonds is 2. The quantitative estimate of drug-likeness (QED) is 0.808. The molecule has 1 N–H and O–H groups in total. The van der Waals surface area contributed by atoms with Crippen LogP contribution in [0.5, 0.6) is 0 Å². The van der Waals surface area contributed by atoms with Gasteiger partial charge in [0.25, 0.3) is 0 Å². The molecule has 3 heteroatoms. The van der Waals surface area contributed by atoms with Crippen LogP contribution in [-0.4, -0.2) is 11.1 Å². The van der Waals surface area contributed by atoms with Crippen LogP contribution < -0.4 is 0 Å². The summed E-state index contributed by atoms with van der Waals surface area (Å²) in [5.74, 6) is -0.988. The maximum Gasteiger partial charge on any atom is 0.335 e. The third kappa shape index (κ3) is 2.42. The van der Waals surface area contributed by atoms with Gasteiger partial charge in [-0.1, -0.05) is 28.6 Å². The normalized spacial score (nSPS) is 9.69. The first kappa shape index (κ1) is 9.99. The summed E-state index contributed by atoms with van der Waals surface area (Å²) in [7, 11) is 0. The Balaban J connectivity index is 3.15. The van der Waals surface area contributed by atoms with Gasteiger partial charge in [-0.2, -0.15) is 0 Å². The highest BCUT2D eigenvalue weighted by Gasteiger charge is 2.07. The topological polar surface area (TPSA) is 37.3 Å². The van der Waals surface area contributed by atoms with Crippen molar-refractivity contribution in [3.8, 4) is 0 Å². The molecule has 0 aliphatic heterocycles. The van der Waals surface area contributed by atoms with Gasteiger partial charge in [0.05, 0.1) is 5.57 Å². The highest BCUT2D eigenvalue weighted by Crippen LogP contribution is 2.20. The molecule has 0 amide bonds. The van der Waals surface area contributed by atoms with Crippen molar-refractivity contribution < 1.29 is 9.90 Å². The molecule has 0 saturated heterocycles. The molecule has 0 atom stereocenters. The van der Waals surface area contributed by atoms with Crippen LogP contribution in [0.25, 0.3) is 5.57 Å². The summed E-state index contributed by atoms with van der Waals surface area (Å²) in [6.45, 7) is 5.39. The van der Waals surface area contributed by atoms with Crippen molar-refractivity contribution in [2.24, 2.45) is 0 Å². The number of aliphatic carboxylic acids is 1. The molecule has 1 aromatic rings. The fourth-order valence-corrected chi connectivity index (χ4v) is 1.64. The molecule has 0 fully saturated rings. The van der Waals surface area contributed by atoms with E-state index in [4.69, 9.17) is 5.11 Å². The van der Waals surface area contributed by atoms with E-state index in [1.165, 1.54) is 0 Å². The predicted octanol–water partition coefficient (Wildman–Crippen LogP) is 2.86. The molecule has 0 aliphatic rings. The molecule has 2 nitrogen and oxygen atoms in total. The zero-order valence-electron chi connectivity index (χ0n) is 7.17. The van der Waals surface area contributed by atoms with Crippen molar-refractivity contribution in [2.45, 2.75) is 6.92 Å². The van der Waals surface area contributed by atoms with Gasteiger partial charge in [0.1, 0.15) is 0 Å². The third-order valence-electron chi connectivity index (χ3n) is 1.65. The van der Waals surface area contributed by atoms with Crippen LogP contribution >= 0.6 is 15.9 Å². The lowest BCUT2D eigenvalue weighted by Crippen LogP contribution is -1.98. The van der Waals surface area contributed by atoms with Crippen LogP contribution in [-0.2, 0) is 4.79 Å². The summed E-state index contributed by atoms with van der Waals surface area (Å²) in [6.07, 6.45) is 0. The van der Waals surface area contributed by atoms with Gasteiger partial charge in [0.2, 0.25) is 0 Å². The lowest BCUT2D eigenvalue weighted by atomic mass is 10.1. The molecule has 0 heterocycles. The Morgan fingerprint density at radius 1 is 1.46 bits per heavy atom. The fourth-order valence-electron chi connectivity index (χ4n) is 1.03. The Morgan fingerprint density at radius 2 is 2.08 bits per heavy atom. The molecule has 0 aromatic heterocycles. The number of halogens is 1. The monoisotopic (exact) mass is 240 g/mol. The largest absolute Gasteiger partial charge is 0.478 e. The molecule has 1 aromatic carbocycles. The van der Waals surface area contributed by atoms with Crippen molar-refractivity contribution in [2.75, 3.05) is 0 Å². The maximum atomic E-state index is 10.6. The molecule has 68 valence electrons. The zero-order valence-corrected chi connectivity index (χ0v) is 8.76. The average Bonchev–Trinajstić information content (AvgIpc) is 2.01. The van der Waals surface area contributed by atoms with E-state index in [9.17, 15) is 4.79 Å². The molecule has 0 saturated carbocycles. The number of carboxylic acids is 1. The second-order valence-electron chi connectivity index (χ2n) is 2.80. The number of carboxylic acid groups (broad SMARTS) is 1. The summed E-state index contributed by atoms with van der Waals surface area (Å²) >= 11 is 3.30. The maximum absolute atomic E-state index is 10.6. The number of aryl methyl sites for hydroxylation is 1. The zero-order chi connectivity index (χ0) is 10.0. The highest BCUT2D eigenvalue weighted by molar-refractivity contribution is 9.10. The van der Waals surface area contributed by atoms with E-state index in [0.717, 1.165) is 10.0 Å². The van der Waals surface area contributed by atoms with Gasteiger partial charge in [0, 0.05) is 4.47 Å². The Morgan fingerprint density at radius 3 is 2.54 bits per heavy atom. The van der Waals surface area contributed by atoms with Crippen LogP contribution in [0, 0.1) is 6.92 Å². The van der Waals surface area contributed by atoms with Gasteiger partial charge >= 0.3 is 5.97 Å². The van der Waals surface area contributed by atoms with E-state index in [-0.39, 0.29) is 5.57 Å². The van der Waals surface area contributed by atoms with Crippen molar-refractivity contribution in [3.05, 3.63) is 40.4 Å². The van der Waals surface area contributed by atoms with Crippen LogP contribution in [0.1, 0.15) is 11.1 Å². The second kappa shape index (κ2) is 3.75. The minimum atomic E-state index is -0.988. The molecular weight excluding hydrogens is 232 g/mol. The molecule has 0 spiro atoms. The van der Waals surface area contributed by atoms with E-state index in [2.05, 4.69) is 22.5 Å². The summed E-state index contributed by atoms with van der Waals surface area (Å²) in [5.41, 5.74) is 1.76. The Labute approximate surface area is 85.0 Å². The first-order chi connectivity index (χ1) is 6.00. The minimum Gasteiger partial charge on any atom is -0.478 e. The number of benzene rings is 1. The molecular formula is C10H9BrO2. The predicted molar refractivity (Wildman–Crippen MR) is 55.5 cm³/mol. The molecule has 0 aliphatic carbocycles. The Hall–Kier alpha value is -1.09. The van der Waals surface area contributed by atoms with Crippen molar-refractivity contribution in [1.82, 2.24) is 0 Å². The van der Waals surface area contributed by atoms with Gasteiger partial charge in [-0.25, -0.2) is 4.79 Å². The Kier molecular flexibility index (Phi) is 2.88. The SMILES string of the molecule is C=C(C(=O)O)c1cc(C)cc(Br)c1. The molecule has 1 rings (SSSR count). The van der Waals surface area contributed by atoms with Gasteiger partial charge in [0.15, 0.2) is 0 Å². The number of carbonyl (C=O) groups is 1. The first-order valence-electron chi connectivity index (χ1n) is 3.70. The summed E-state index contributed by atoms with van der Waals surface area (Å²) in [5, 5.41) is 8.70. The smallest absolute Gasteiger partial charge is 0.335 e. The minimum absolute atomic E-state index is 0.115. The van der Waals surface area contributed by atoms with Crippen molar-refractivity contribution in [3.63, 3.8) is 0 Å². The van der Waals surface area contributed by atoms with Crippen molar-refractivity contribution >= 4 is 27.5 Å². The lowest BCUT2D eigenvalue weighted by Gasteiger charge is -2.02. The molecule has 13 heavy (non-hydrogen) atoms. The first-order valence-corrected chi connectivity index (χ1v) is 4.50. The van der Waals surface area contributed by atoms with Crippen LogP contribution in [0.4, 0.5) is 0 Å². The van der Waals surface area contributed by atoms with Gasteiger partial charge < -0.3 is 5.11 Å². The van der Waals surface area contributed by atoms with E-state index in [1.807, 2.05) is 13.0 Å². The van der Waals surface area contributed by atoms with Crippen LogP contribution in [0.15, 0.2) is 29.3 Å². The molecule has 0 unspecified atom stereocenters. The van der Waals surface area contributed by atoms with E-state index >= 15 is 0 Å². The van der Waals surface area contributed by atoms with E-state index < -0.39 is 5.97 Å². The number of hydrogen-bond acceptors (Lipinski definition) is 1. The second-order valence-corrected chi connectivity index (χ2v) is 3.72. The standard InChI is InChI=1S/C10H9BrO2/c1-6-3-8(5-9(11)4-6)7(2)10(12)13/h3-5H,2H2,1H3,(H,12,13). The molecule has 0 bridgehead atoms. The number of hydrogen-bond donors (Lipinski definition) is 1. The Bertz CT molecular complexity index is 349. The fraction of sp³-hybridized carbons (Fsp3) is 0.100. The van der Waals surface area contributed by atoms with Crippen LogP contribution in [0.3, 0.4) is 0 Å². The van der Waals surface area contributed by atoms with Gasteiger partial charge in [-0.15, -0.1) is 0 Å². The van der Waals surface area contributed by atoms with Gasteiger partial charge in [-0.3, -0.25) is 0 Å². The summed E-state index contributed by atoms with van der Waals surface area (Å²) < 4.78 is 0.866.